The van der Waals surface area contributed by atoms with Crippen molar-refractivity contribution in [3.63, 3.8) is 0 Å². The number of unbranched alkanes of at least 4 members (excludes halogenated alkanes) is 2. The lowest BCUT2D eigenvalue weighted by molar-refractivity contribution is -0.870. The fourth-order valence-corrected chi connectivity index (χ4v) is 4.06. The molecule has 0 aliphatic heterocycles. The molecule has 5 atom stereocenters. The number of hydrogen-bond acceptors (Lipinski definition) is 11. The molecule has 0 aromatic carbocycles. The van der Waals surface area contributed by atoms with Gasteiger partial charge in [0.1, 0.15) is 19.8 Å². The van der Waals surface area contributed by atoms with Gasteiger partial charge in [0.25, 0.3) is 7.82 Å². The Labute approximate surface area is 256 Å². The first-order valence-corrected chi connectivity index (χ1v) is 16.1. The number of phosphoric ester groups is 1. The van der Waals surface area contributed by atoms with Gasteiger partial charge in [0.05, 0.1) is 46.1 Å². The number of rotatable bonds is 24. The summed E-state index contributed by atoms with van der Waals surface area (Å²) in [4.78, 5) is 35.4. The third-order valence-corrected chi connectivity index (χ3v) is 6.73. The molecule has 0 rings (SSSR count). The maximum atomic E-state index is 12.1. The fourth-order valence-electron chi connectivity index (χ4n) is 3.33. The van der Waals surface area contributed by atoms with Crippen molar-refractivity contribution in [3.8, 4) is 0 Å². The Bertz CT molecular complexity index is 943. The zero-order valence-electron chi connectivity index (χ0n) is 26.2. The van der Waals surface area contributed by atoms with Crippen LogP contribution in [0.2, 0.25) is 0 Å². The van der Waals surface area contributed by atoms with E-state index < -0.39 is 57.4 Å². The predicted molar refractivity (Wildman–Crippen MR) is 161 cm³/mol. The number of allylic oxidation sites excluding steroid dienone is 6. The summed E-state index contributed by atoms with van der Waals surface area (Å²) in [5.74, 6) is -1.37. The minimum Gasteiger partial charge on any atom is -0.756 e. The van der Waals surface area contributed by atoms with Crippen molar-refractivity contribution in [2.24, 2.45) is 0 Å². The van der Waals surface area contributed by atoms with E-state index in [9.17, 15) is 34.4 Å². The summed E-state index contributed by atoms with van der Waals surface area (Å²) < 4.78 is 32.1. The molecule has 0 saturated heterocycles. The van der Waals surface area contributed by atoms with Crippen LogP contribution in [0, 0.1) is 0 Å². The number of hydrogen-bond donors (Lipinski definition) is 3. The summed E-state index contributed by atoms with van der Waals surface area (Å²) in [6, 6.07) is 0. The van der Waals surface area contributed by atoms with Gasteiger partial charge >= 0.3 is 11.9 Å². The minimum absolute atomic E-state index is 0.0825. The zero-order chi connectivity index (χ0) is 32.7. The van der Waals surface area contributed by atoms with Gasteiger partial charge in [-0.1, -0.05) is 74.8 Å². The van der Waals surface area contributed by atoms with Gasteiger partial charge in [-0.05, 0) is 19.3 Å². The van der Waals surface area contributed by atoms with Crippen LogP contribution < -0.4 is 4.89 Å². The number of phosphoric acid groups is 1. The van der Waals surface area contributed by atoms with Crippen LogP contribution in [0.15, 0.2) is 48.6 Å². The van der Waals surface area contributed by atoms with E-state index in [0.717, 1.165) is 32.6 Å². The highest BCUT2D eigenvalue weighted by molar-refractivity contribution is 7.45. The van der Waals surface area contributed by atoms with Crippen LogP contribution in [0.3, 0.4) is 0 Å². The molecule has 0 aliphatic carbocycles. The van der Waals surface area contributed by atoms with E-state index in [1.807, 2.05) is 21.1 Å². The van der Waals surface area contributed by atoms with Crippen molar-refractivity contribution in [2.45, 2.75) is 83.2 Å². The highest BCUT2D eigenvalue weighted by Crippen LogP contribution is 2.38. The number of carbonyl (C=O) groups is 2. The second-order valence-electron chi connectivity index (χ2n) is 11.1. The molecule has 3 N–H and O–H groups in total. The number of ether oxygens (including phenoxy) is 2. The Morgan fingerprint density at radius 2 is 1.51 bits per heavy atom. The molecule has 13 heteroatoms. The van der Waals surface area contributed by atoms with Crippen LogP contribution in [0.25, 0.3) is 0 Å². The van der Waals surface area contributed by atoms with Gasteiger partial charge in [-0.3, -0.25) is 14.2 Å². The highest BCUT2D eigenvalue weighted by Gasteiger charge is 2.21. The topological polar surface area (TPSA) is 172 Å². The van der Waals surface area contributed by atoms with Gasteiger partial charge in [-0.25, -0.2) is 0 Å². The molecule has 0 amide bonds. The van der Waals surface area contributed by atoms with Gasteiger partial charge in [0.15, 0.2) is 6.10 Å². The summed E-state index contributed by atoms with van der Waals surface area (Å²) in [6.07, 6.45) is 13.8. The van der Waals surface area contributed by atoms with E-state index in [4.69, 9.17) is 18.5 Å². The first kappa shape index (κ1) is 40.9. The van der Waals surface area contributed by atoms with E-state index in [1.54, 1.807) is 42.5 Å². The third kappa shape index (κ3) is 26.0. The van der Waals surface area contributed by atoms with Crippen LogP contribution in [0.5, 0.6) is 0 Å². The number of carbonyl (C=O) groups excluding carboxylic acids is 2. The smallest absolute Gasteiger partial charge is 0.305 e. The molecule has 0 fully saturated rings. The molecule has 0 aliphatic rings. The van der Waals surface area contributed by atoms with E-state index in [2.05, 4.69) is 6.92 Å². The summed E-state index contributed by atoms with van der Waals surface area (Å²) in [7, 11) is 0.954. The second kappa shape index (κ2) is 23.3. The molecule has 0 saturated carbocycles. The normalized spacial score (nSPS) is 17.0. The average molecular weight is 634 g/mol. The number of aliphatic hydroxyl groups is 3. The second-order valence-corrected chi connectivity index (χ2v) is 12.5. The highest BCUT2D eigenvalue weighted by atomic mass is 31.2. The van der Waals surface area contributed by atoms with Crippen LogP contribution in [0.4, 0.5) is 0 Å². The Balaban J connectivity index is 4.40. The molecule has 0 bridgehead atoms. The van der Waals surface area contributed by atoms with Crippen molar-refractivity contribution >= 4 is 19.8 Å². The lowest BCUT2D eigenvalue weighted by Gasteiger charge is -2.28. The minimum atomic E-state index is -4.65. The Kier molecular flexibility index (Phi) is 22.1. The van der Waals surface area contributed by atoms with Crippen LogP contribution in [0.1, 0.15) is 58.8 Å². The predicted octanol–water partition coefficient (Wildman–Crippen LogP) is 2.73. The lowest BCUT2D eigenvalue weighted by atomic mass is 10.1. The van der Waals surface area contributed by atoms with Crippen LogP contribution in [-0.4, -0.2) is 104 Å². The largest absolute Gasteiger partial charge is 0.756 e. The first-order valence-electron chi connectivity index (χ1n) is 14.6. The SMILES string of the molecule is CCCCC[C@@H](O)/C=C/C=C\C=C\C=C\[C@@H](O)[C@H](O)CCCC(=O)OC[C@H](COP(=O)([O-])OCC[N+](C)(C)C)OC(C)=O. The molecule has 0 spiro atoms. The maximum absolute atomic E-state index is 12.1. The summed E-state index contributed by atoms with van der Waals surface area (Å²) in [5, 5.41) is 30.0. The Hall–Kier alpha value is -2.15. The van der Waals surface area contributed by atoms with Crippen molar-refractivity contribution in [1.29, 1.82) is 0 Å². The van der Waals surface area contributed by atoms with E-state index in [1.165, 1.54) is 6.08 Å². The molecule has 248 valence electrons. The van der Waals surface area contributed by atoms with Gasteiger partial charge in [-0.2, -0.15) is 0 Å². The molecule has 0 aromatic rings. The monoisotopic (exact) mass is 633 g/mol. The fraction of sp³-hybridized carbons (Fsp3) is 0.667. The summed E-state index contributed by atoms with van der Waals surface area (Å²) in [6.45, 7) is 2.55. The lowest BCUT2D eigenvalue weighted by Crippen LogP contribution is -2.37. The van der Waals surface area contributed by atoms with Gasteiger partial charge < -0.3 is 43.2 Å². The third-order valence-electron chi connectivity index (χ3n) is 5.77. The number of esters is 2. The van der Waals surface area contributed by atoms with E-state index >= 15 is 0 Å². The number of nitrogens with zero attached hydrogens (tertiary/aromatic N) is 1. The number of aliphatic hydroxyl groups excluding tert-OH is 3. The van der Waals surface area contributed by atoms with Crippen molar-refractivity contribution < 1.29 is 57.4 Å². The maximum Gasteiger partial charge on any atom is 0.305 e. The molecule has 1 unspecified atom stereocenters. The van der Waals surface area contributed by atoms with Crippen LogP contribution >= 0.6 is 7.82 Å². The quantitative estimate of drug-likeness (QED) is 0.0469. The number of quaternary nitrogens is 1. The standard InChI is InChI=1S/C30H52NO11P/c1-6-7-12-16-26(33)17-13-10-8-9-11-14-18-28(34)29(35)19-15-20-30(36)39-23-27(42-25(2)32)24-41-43(37,38)40-22-21-31(3,4)5/h8-11,13-14,17-18,26-29,33-35H,6-7,12,15-16,19-24H2,1-5H3/b10-8-,11-9+,17-13+,18-14+/t26-,27-,28-,29-/m1/s1. The van der Waals surface area contributed by atoms with Crippen molar-refractivity contribution in [3.05, 3.63) is 48.6 Å². The van der Waals surface area contributed by atoms with Crippen LogP contribution in [-0.2, 0) is 32.7 Å². The molecular weight excluding hydrogens is 581 g/mol. The van der Waals surface area contributed by atoms with E-state index in [0.29, 0.717) is 11.0 Å². The summed E-state index contributed by atoms with van der Waals surface area (Å²) >= 11 is 0. The van der Waals surface area contributed by atoms with Crippen molar-refractivity contribution in [1.82, 2.24) is 0 Å². The Morgan fingerprint density at radius 3 is 2.12 bits per heavy atom. The van der Waals surface area contributed by atoms with Crippen molar-refractivity contribution in [2.75, 3.05) is 47.5 Å². The first-order chi connectivity index (χ1) is 20.1. The van der Waals surface area contributed by atoms with Gasteiger partial charge in [0, 0.05) is 13.3 Å². The number of likely N-dealkylation sites (N-methyl/N-ethyl adjacent to an activating group) is 1. The molecule has 12 nitrogen and oxygen atoms in total. The molecule has 0 heterocycles. The Morgan fingerprint density at radius 1 is 0.884 bits per heavy atom. The zero-order valence-corrected chi connectivity index (χ0v) is 27.1. The average Bonchev–Trinajstić information content (AvgIpc) is 2.90. The molecule has 0 radical (unpaired) electrons. The summed E-state index contributed by atoms with van der Waals surface area (Å²) in [5.41, 5.74) is 0. The van der Waals surface area contributed by atoms with Gasteiger partial charge in [0.2, 0.25) is 0 Å². The molecular formula is C30H52NO11P. The van der Waals surface area contributed by atoms with Gasteiger partial charge in [-0.15, -0.1) is 0 Å². The molecule has 43 heavy (non-hydrogen) atoms. The molecule has 0 aromatic heterocycles. The van der Waals surface area contributed by atoms with E-state index in [-0.39, 0.29) is 25.9 Å².